The molecular formula is C21H31N3O2. The van der Waals surface area contributed by atoms with Gasteiger partial charge in [-0.3, -0.25) is 4.79 Å². The minimum absolute atomic E-state index is 0.0164. The summed E-state index contributed by atoms with van der Waals surface area (Å²) in [6, 6.07) is 4.13. The predicted molar refractivity (Wildman–Crippen MR) is 104 cm³/mol. The third kappa shape index (κ3) is 4.44. The van der Waals surface area contributed by atoms with Crippen molar-refractivity contribution < 1.29 is 9.53 Å². The molecule has 0 bridgehead atoms. The van der Waals surface area contributed by atoms with E-state index in [-0.39, 0.29) is 11.9 Å². The number of nitrogens with one attached hydrogen (secondary N) is 1. The molecule has 1 amide bonds. The third-order valence-electron chi connectivity index (χ3n) is 5.29. The standard InChI is InChI=1S/C21H31N3O2/c1-4-5-6-13-26-18-9-7-17(8-10-18)23-21(25)19-11-12-24-16(3)14-15(2)22-20(19)24/h11-12,14,17-18H,4-10,13H2,1-3H3,(H,23,25)/t17-,18+. The zero-order valence-electron chi connectivity index (χ0n) is 16.3. The zero-order chi connectivity index (χ0) is 18.5. The highest BCUT2D eigenvalue weighted by atomic mass is 16.5. The number of nitrogens with zero attached hydrogens (tertiary/aromatic N) is 2. The minimum atomic E-state index is -0.0164. The first-order valence-corrected chi connectivity index (χ1v) is 9.96. The average Bonchev–Trinajstić information content (AvgIpc) is 3.04. The van der Waals surface area contributed by atoms with E-state index in [0.717, 1.165) is 55.7 Å². The largest absolute Gasteiger partial charge is 0.378 e. The van der Waals surface area contributed by atoms with Crippen LogP contribution in [0.1, 0.15) is 73.6 Å². The number of rotatable bonds is 7. The van der Waals surface area contributed by atoms with E-state index in [1.807, 2.05) is 36.6 Å². The predicted octanol–water partition coefficient (Wildman–Crippen LogP) is 4.20. The highest BCUT2D eigenvalue weighted by Gasteiger charge is 2.24. The van der Waals surface area contributed by atoms with E-state index in [1.54, 1.807) is 0 Å². The highest BCUT2D eigenvalue weighted by molar-refractivity contribution is 6.00. The fourth-order valence-electron chi connectivity index (χ4n) is 3.81. The Morgan fingerprint density at radius 2 is 2.04 bits per heavy atom. The Morgan fingerprint density at radius 3 is 2.77 bits per heavy atom. The van der Waals surface area contributed by atoms with E-state index in [2.05, 4.69) is 17.2 Å². The van der Waals surface area contributed by atoms with Crippen molar-refractivity contribution in [2.45, 2.75) is 77.9 Å². The van der Waals surface area contributed by atoms with Crippen LogP contribution in [0.5, 0.6) is 0 Å². The number of hydrogen-bond donors (Lipinski definition) is 1. The van der Waals surface area contributed by atoms with Crippen LogP contribution < -0.4 is 5.32 Å². The molecular weight excluding hydrogens is 326 g/mol. The molecule has 1 aliphatic rings. The molecule has 0 atom stereocenters. The van der Waals surface area contributed by atoms with Crippen molar-refractivity contribution in [3.05, 3.63) is 35.3 Å². The van der Waals surface area contributed by atoms with Gasteiger partial charge in [0, 0.05) is 30.2 Å². The molecule has 26 heavy (non-hydrogen) atoms. The highest BCUT2D eigenvalue weighted by Crippen LogP contribution is 2.22. The second-order valence-electron chi connectivity index (χ2n) is 7.49. The van der Waals surface area contributed by atoms with Gasteiger partial charge in [-0.2, -0.15) is 0 Å². The second-order valence-corrected chi connectivity index (χ2v) is 7.49. The number of carbonyl (C=O) groups excluding carboxylic acids is 1. The summed E-state index contributed by atoms with van der Waals surface area (Å²) in [5.41, 5.74) is 3.43. The third-order valence-corrected chi connectivity index (χ3v) is 5.29. The lowest BCUT2D eigenvalue weighted by Crippen LogP contribution is -2.39. The monoisotopic (exact) mass is 357 g/mol. The molecule has 5 heteroatoms. The average molecular weight is 357 g/mol. The van der Waals surface area contributed by atoms with Crippen LogP contribution in [-0.2, 0) is 4.74 Å². The molecule has 5 nitrogen and oxygen atoms in total. The summed E-state index contributed by atoms with van der Waals surface area (Å²) in [5, 5.41) is 3.20. The van der Waals surface area contributed by atoms with Gasteiger partial charge in [0.05, 0.1) is 11.7 Å². The Balaban J connectivity index is 1.53. The fourth-order valence-corrected chi connectivity index (χ4v) is 3.81. The number of carbonyl (C=O) groups is 1. The number of ether oxygens (including phenoxy) is 1. The summed E-state index contributed by atoms with van der Waals surface area (Å²) in [4.78, 5) is 17.3. The Bertz CT molecular complexity index is 745. The van der Waals surface area contributed by atoms with E-state index in [9.17, 15) is 4.79 Å². The van der Waals surface area contributed by atoms with E-state index in [0.29, 0.717) is 11.7 Å². The first-order valence-electron chi connectivity index (χ1n) is 9.96. The van der Waals surface area contributed by atoms with Gasteiger partial charge in [0.2, 0.25) is 0 Å². The summed E-state index contributed by atoms with van der Waals surface area (Å²) in [6.45, 7) is 7.08. The van der Waals surface area contributed by atoms with Gasteiger partial charge in [-0.1, -0.05) is 19.8 Å². The molecule has 0 spiro atoms. The molecule has 3 rings (SSSR count). The Hall–Kier alpha value is -1.88. The number of hydrogen-bond acceptors (Lipinski definition) is 3. The summed E-state index contributed by atoms with van der Waals surface area (Å²) in [5.74, 6) is -0.0164. The topological polar surface area (TPSA) is 55.6 Å². The van der Waals surface area contributed by atoms with E-state index >= 15 is 0 Å². The number of aromatic nitrogens is 2. The summed E-state index contributed by atoms with van der Waals surface area (Å²) >= 11 is 0. The molecule has 0 unspecified atom stereocenters. The maximum absolute atomic E-state index is 12.7. The van der Waals surface area contributed by atoms with Gasteiger partial charge in [0.25, 0.3) is 5.91 Å². The van der Waals surface area contributed by atoms with Gasteiger partial charge < -0.3 is 14.5 Å². The lowest BCUT2D eigenvalue weighted by atomic mass is 9.92. The van der Waals surface area contributed by atoms with Crippen molar-refractivity contribution in [2.24, 2.45) is 0 Å². The summed E-state index contributed by atoms with van der Waals surface area (Å²) in [6.07, 6.45) is 9.95. The number of amides is 1. The van der Waals surface area contributed by atoms with Crippen molar-refractivity contribution in [1.82, 2.24) is 14.7 Å². The van der Waals surface area contributed by atoms with Crippen molar-refractivity contribution in [3.8, 4) is 0 Å². The fraction of sp³-hybridized carbons (Fsp3) is 0.619. The molecule has 142 valence electrons. The number of unbranched alkanes of at least 4 members (excludes halogenated alkanes) is 2. The van der Waals surface area contributed by atoms with Gasteiger partial charge >= 0.3 is 0 Å². The number of fused-ring (bicyclic) bond motifs is 1. The molecule has 1 fully saturated rings. The summed E-state index contributed by atoms with van der Waals surface area (Å²) in [7, 11) is 0. The van der Waals surface area contributed by atoms with Crippen LogP contribution in [-0.4, -0.2) is 34.0 Å². The molecule has 1 aliphatic carbocycles. The molecule has 1 N–H and O–H groups in total. The molecule has 0 aromatic carbocycles. The van der Waals surface area contributed by atoms with E-state index in [1.165, 1.54) is 12.8 Å². The van der Waals surface area contributed by atoms with Gasteiger partial charge in [-0.25, -0.2) is 4.98 Å². The molecule has 1 saturated carbocycles. The second kappa shape index (κ2) is 8.67. The van der Waals surface area contributed by atoms with Crippen LogP contribution in [0.2, 0.25) is 0 Å². The Labute approximate surface area is 156 Å². The Morgan fingerprint density at radius 1 is 1.27 bits per heavy atom. The van der Waals surface area contributed by atoms with Crippen molar-refractivity contribution in [3.63, 3.8) is 0 Å². The maximum Gasteiger partial charge on any atom is 0.255 e. The van der Waals surface area contributed by atoms with Crippen molar-refractivity contribution >= 4 is 11.6 Å². The molecule has 0 saturated heterocycles. The quantitative estimate of drug-likeness (QED) is 0.756. The molecule has 2 heterocycles. The van der Waals surface area contributed by atoms with Crippen LogP contribution in [0.3, 0.4) is 0 Å². The lowest BCUT2D eigenvalue weighted by Gasteiger charge is -2.29. The van der Waals surface area contributed by atoms with Gasteiger partial charge in [0.1, 0.15) is 5.65 Å². The first-order chi connectivity index (χ1) is 12.6. The SMILES string of the molecule is CCCCCO[C@H]1CC[C@@H](NC(=O)c2ccn3c(C)cc(C)nc23)CC1. The van der Waals surface area contributed by atoms with Crippen LogP contribution >= 0.6 is 0 Å². The van der Waals surface area contributed by atoms with Gasteiger partial charge in [-0.15, -0.1) is 0 Å². The molecule has 0 aliphatic heterocycles. The summed E-state index contributed by atoms with van der Waals surface area (Å²) < 4.78 is 7.94. The van der Waals surface area contributed by atoms with E-state index < -0.39 is 0 Å². The van der Waals surface area contributed by atoms with Crippen LogP contribution in [0.4, 0.5) is 0 Å². The number of aryl methyl sites for hydroxylation is 2. The van der Waals surface area contributed by atoms with Crippen LogP contribution in [0, 0.1) is 13.8 Å². The molecule has 2 aromatic rings. The minimum Gasteiger partial charge on any atom is -0.378 e. The normalized spacial score (nSPS) is 20.4. The van der Waals surface area contributed by atoms with Crippen LogP contribution in [0.25, 0.3) is 5.65 Å². The molecule has 0 radical (unpaired) electrons. The van der Waals surface area contributed by atoms with Gasteiger partial charge in [0.15, 0.2) is 0 Å². The van der Waals surface area contributed by atoms with E-state index in [4.69, 9.17) is 4.74 Å². The zero-order valence-corrected chi connectivity index (χ0v) is 16.3. The van der Waals surface area contributed by atoms with Gasteiger partial charge in [-0.05, 0) is 58.1 Å². The molecule has 2 aromatic heterocycles. The van der Waals surface area contributed by atoms with Crippen LogP contribution in [0.15, 0.2) is 18.3 Å². The maximum atomic E-state index is 12.7. The van der Waals surface area contributed by atoms with Crippen molar-refractivity contribution in [2.75, 3.05) is 6.61 Å². The smallest absolute Gasteiger partial charge is 0.255 e. The Kier molecular flexibility index (Phi) is 6.30. The first kappa shape index (κ1) is 18.9. The van der Waals surface area contributed by atoms with Crippen molar-refractivity contribution in [1.29, 1.82) is 0 Å². The lowest BCUT2D eigenvalue weighted by molar-refractivity contribution is 0.0205.